The van der Waals surface area contributed by atoms with Crippen molar-refractivity contribution < 1.29 is 9.59 Å². The van der Waals surface area contributed by atoms with Crippen molar-refractivity contribution in [3.8, 4) is 0 Å². The summed E-state index contributed by atoms with van der Waals surface area (Å²) in [6.45, 7) is 4.90. The Hall–Kier alpha value is -2.90. The van der Waals surface area contributed by atoms with E-state index in [1.165, 1.54) is 9.13 Å². The minimum atomic E-state index is -0.745. The van der Waals surface area contributed by atoms with Gasteiger partial charge in [0.25, 0.3) is 0 Å². The Labute approximate surface area is 162 Å². The van der Waals surface area contributed by atoms with Gasteiger partial charge in [0, 0.05) is 19.6 Å². The minimum absolute atomic E-state index is 0.119. The Bertz CT molecular complexity index is 1000. The van der Waals surface area contributed by atoms with Crippen LogP contribution in [-0.2, 0) is 22.7 Å². The SMILES string of the molecule is CCn1c(=O)c(=O)n(CC(=O)N[C@H](C)C(=O)N2CCCCC2)c2ccccc21. The van der Waals surface area contributed by atoms with Crippen molar-refractivity contribution in [1.29, 1.82) is 0 Å². The first-order valence-corrected chi connectivity index (χ1v) is 9.74. The lowest BCUT2D eigenvalue weighted by atomic mass is 10.1. The lowest BCUT2D eigenvalue weighted by Gasteiger charge is -2.29. The highest BCUT2D eigenvalue weighted by Crippen LogP contribution is 2.11. The Balaban J connectivity index is 1.82. The number of nitrogens with one attached hydrogen (secondary N) is 1. The second-order valence-electron chi connectivity index (χ2n) is 7.10. The van der Waals surface area contributed by atoms with Crippen molar-refractivity contribution in [2.45, 2.75) is 52.2 Å². The molecule has 1 fully saturated rings. The van der Waals surface area contributed by atoms with E-state index in [0.717, 1.165) is 19.3 Å². The van der Waals surface area contributed by atoms with Crippen LogP contribution in [0.2, 0.25) is 0 Å². The molecule has 1 aliphatic rings. The van der Waals surface area contributed by atoms with Gasteiger partial charge in [-0.15, -0.1) is 0 Å². The quantitative estimate of drug-likeness (QED) is 0.766. The first-order valence-electron chi connectivity index (χ1n) is 9.74. The maximum Gasteiger partial charge on any atom is 0.317 e. The predicted molar refractivity (Wildman–Crippen MR) is 106 cm³/mol. The molecule has 1 aromatic heterocycles. The average molecular weight is 386 g/mol. The minimum Gasteiger partial charge on any atom is -0.343 e. The van der Waals surface area contributed by atoms with E-state index < -0.39 is 23.1 Å². The molecule has 1 atom stereocenters. The van der Waals surface area contributed by atoms with Crippen LogP contribution >= 0.6 is 0 Å². The van der Waals surface area contributed by atoms with E-state index in [4.69, 9.17) is 0 Å². The zero-order valence-electron chi connectivity index (χ0n) is 16.3. The van der Waals surface area contributed by atoms with E-state index in [9.17, 15) is 19.2 Å². The lowest BCUT2D eigenvalue weighted by Crippen LogP contribution is -2.50. The summed E-state index contributed by atoms with van der Waals surface area (Å²) in [6, 6.07) is 6.31. The molecule has 8 nitrogen and oxygen atoms in total. The summed E-state index contributed by atoms with van der Waals surface area (Å²) in [4.78, 5) is 51.7. The molecule has 3 rings (SSSR count). The van der Waals surface area contributed by atoms with E-state index in [0.29, 0.717) is 30.7 Å². The van der Waals surface area contributed by atoms with Crippen molar-refractivity contribution in [3.05, 3.63) is 45.0 Å². The average Bonchev–Trinajstić information content (AvgIpc) is 2.71. The summed E-state index contributed by atoms with van der Waals surface area (Å²) in [5.74, 6) is -0.592. The van der Waals surface area contributed by atoms with Gasteiger partial charge >= 0.3 is 11.1 Å². The van der Waals surface area contributed by atoms with E-state index in [2.05, 4.69) is 5.32 Å². The van der Waals surface area contributed by atoms with Gasteiger partial charge in [-0.05, 0) is 45.2 Å². The van der Waals surface area contributed by atoms with Crippen LogP contribution in [0.5, 0.6) is 0 Å². The van der Waals surface area contributed by atoms with Gasteiger partial charge in [-0.1, -0.05) is 12.1 Å². The van der Waals surface area contributed by atoms with Gasteiger partial charge in [0.05, 0.1) is 11.0 Å². The third kappa shape index (κ3) is 3.85. The summed E-state index contributed by atoms with van der Waals surface area (Å²) in [5, 5.41) is 2.67. The third-order valence-electron chi connectivity index (χ3n) is 5.17. The smallest absolute Gasteiger partial charge is 0.317 e. The number of aromatic nitrogens is 2. The van der Waals surface area contributed by atoms with Crippen molar-refractivity contribution in [2.75, 3.05) is 13.1 Å². The number of nitrogens with zero attached hydrogens (tertiary/aromatic N) is 3. The van der Waals surface area contributed by atoms with Crippen LogP contribution in [0.3, 0.4) is 0 Å². The second kappa shape index (κ2) is 8.41. The molecule has 0 aliphatic carbocycles. The first-order chi connectivity index (χ1) is 13.4. The van der Waals surface area contributed by atoms with Crippen LogP contribution in [0, 0.1) is 0 Å². The standard InChI is InChI=1S/C20H26N4O4/c1-3-23-15-9-5-6-10-16(15)24(20(28)19(23)27)13-17(25)21-14(2)18(26)22-11-7-4-8-12-22/h5-6,9-10,14H,3-4,7-8,11-13H2,1-2H3,(H,21,25)/t14-/m1/s1. The molecule has 28 heavy (non-hydrogen) atoms. The lowest BCUT2D eigenvalue weighted by molar-refractivity contribution is -0.136. The fourth-order valence-corrected chi connectivity index (χ4v) is 3.72. The van der Waals surface area contributed by atoms with Gasteiger partial charge < -0.3 is 14.8 Å². The van der Waals surface area contributed by atoms with Gasteiger partial charge in [0.1, 0.15) is 12.6 Å². The molecule has 8 heteroatoms. The number of hydrogen-bond acceptors (Lipinski definition) is 4. The maximum absolute atomic E-state index is 12.5. The Morgan fingerprint density at radius 1 is 1.00 bits per heavy atom. The van der Waals surface area contributed by atoms with Crippen LogP contribution in [0.15, 0.2) is 33.9 Å². The zero-order chi connectivity index (χ0) is 20.3. The highest BCUT2D eigenvalue weighted by molar-refractivity contribution is 5.88. The molecule has 1 aliphatic heterocycles. The number of carbonyl (C=O) groups is 2. The number of aryl methyl sites for hydroxylation is 1. The van der Waals surface area contributed by atoms with Gasteiger partial charge in [-0.25, -0.2) is 0 Å². The fourth-order valence-electron chi connectivity index (χ4n) is 3.72. The third-order valence-corrected chi connectivity index (χ3v) is 5.17. The predicted octanol–water partition coefficient (Wildman–Crippen LogP) is 0.700. The normalized spacial score (nSPS) is 15.4. The van der Waals surface area contributed by atoms with Crippen molar-refractivity contribution in [1.82, 2.24) is 19.4 Å². The zero-order valence-corrected chi connectivity index (χ0v) is 16.3. The van der Waals surface area contributed by atoms with E-state index in [1.54, 1.807) is 43.0 Å². The molecule has 0 unspecified atom stereocenters. The molecule has 0 spiro atoms. The van der Waals surface area contributed by atoms with Crippen molar-refractivity contribution in [3.63, 3.8) is 0 Å². The number of piperidine rings is 1. The number of carbonyl (C=O) groups excluding carboxylic acids is 2. The summed E-state index contributed by atoms with van der Waals surface area (Å²) < 4.78 is 2.58. The van der Waals surface area contributed by atoms with Crippen molar-refractivity contribution >= 4 is 22.8 Å². The summed E-state index contributed by atoms with van der Waals surface area (Å²) in [5.41, 5.74) is -0.295. The molecule has 2 heterocycles. The number of para-hydroxylation sites is 2. The van der Waals surface area contributed by atoms with E-state index in [1.807, 2.05) is 0 Å². The summed E-state index contributed by atoms with van der Waals surface area (Å²) >= 11 is 0. The monoisotopic (exact) mass is 386 g/mol. The van der Waals surface area contributed by atoms with Crippen LogP contribution in [0.25, 0.3) is 11.0 Å². The van der Waals surface area contributed by atoms with Crippen LogP contribution in [-0.4, -0.2) is 45.0 Å². The molecule has 0 radical (unpaired) electrons. The van der Waals surface area contributed by atoms with Gasteiger partial charge in [0.2, 0.25) is 11.8 Å². The number of hydrogen-bond donors (Lipinski definition) is 1. The number of amides is 2. The molecule has 2 aromatic rings. The highest BCUT2D eigenvalue weighted by Gasteiger charge is 2.24. The van der Waals surface area contributed by atoms with E-state index >= 15 is 0 Å². The molecule has 0 saturated carbocycles. The number of rotatable bonds is 5. The summed E-state index contributed by atoms with van der Waals surface area (Å²) in [6.07, 6.45) is 3.06. The van der Waals surface area contributed by atoms with Crippen LogP contribution in [0.4, 0.5) is 0 Å². The number of benzene rings is 1. The molecular formula is C20H26N4O4. The van der Waals surface area contributed by atoms with Crippen LogP contribution < -0.4 is 16.4 Å². The van der Waals surface area contributed by atoms with Gasteiger partial charge in [-0.2, -0.15) is 0 Å². The number of fused-ring (bicyclic) bond motifs is 1. The number of likely N-dealkylation sites (tertiary alicyclic amines) is 1. The Morgan fingerprint density at radius 2 is 1.57 bits per heavy atom. The second-order valence-corrected chi connectivity index (χ2v) is 7.10. The Morgan fingerprint density at radius 3 is 2.18 bits per heavy atom. The van der Waals surface area contributed by atoms with Crippen molar-refractivity contribution in [2.24, 2.45) is 0 Å². The van der Waals surface area contributed by atoms with Crippen LogP contribution in [0.1, 0.15) is 33.1 Å². The Kier molecular flexibility index (Phi) is 5.96. The molecule has 1 saturated heterocycles. The summed E-state index contributed by atoms with van der Waals surface area (Å²) in [7, 11) is 0. The molecular weight excluding hydrogens is 360 g/mol. The highest BCUT2D eigenvalue weighted by atomic mass is 16.2. The molecule has 0 bridgehead atoms. The molecule has 2 amide bonds. The largest absolute Gasteiger partial charge is 0.343 e. The van der Waals surface area contributed by atoms with Gasteiger partial charge in [-0.3, -0.25) is 23.7 Å². The molecule has 1 N–H and O–H groups in total. The maximum atomic E-state index is 12.5. The molecule has 150 valence electrons. The van der Waals surface area contributed by atoms with Gasteiger partial charge in [0.15, 0.2) is 0 Å². The first kappa shape index (κ1) is 19.9. The molecule has 1 aromatic carbocycles. The fraction of sp³-hybridized carbons (Fsp3) is 0.500. The van der Waals surface area contributed by atoms with E-state index in [-0.39, 0.29) is 12.5 Å². The topological polar surface area (TPSA) is 93.4 Å².